The van der Waals surface area contributed by atoms with Crippen LogP contribution in [0.1, 0.15) is 12.8 Å². The molecule has 0 bridgehead atoms. The molecule has 4 nitrogen and oxygen atoms in total. The van der Waals surface area contributed by atoms with Crippen molar-refractivity contribution in [2.75, 3.05) is 6.54 Å². The highest BCUT2D eigenvalue weighted by molar-refractivity contribution is 5.73. The second-order valence-electron chi connectivity index (χ2n) is 3.33. The van der Waals surface area contributed by atoms with Crippen molar-refractivity contribution in [3.63, 3.8) is 0 Å². The van der Waals surface area contributed by atoms with Gasteiger partial charge in [0.1, 0.15) is 6.04 Å². The lowest BCUT2D eigenvalue weighted by molar-refractivity contribution is -0.270. The summed E-state index contributed by atoms with van der Waals surface area (Å²) >= 11 is 0. The SMILES string of the molecule is O=C(O)[C@@H]1CC(O)(C(F)(F)F)CCN1. The molecule has 1 aliphatic rings. The smallest absolute Gasteiger partial charge is 0.417 e. The molecule has 1 unspecified atom stereocenters. The normalized spacial score (nSPS) is 34.1. The molecule has 1 saturated heterocycles. The van der Waals surface area contributed by atoms with Crippen molar-refractivity contribution >= 4 is 5.97 Å². The van der Waals surface area contributed by atoms with Crippen LogP contribution >= 0.6 is 0 Å². The van der Waals surface area contributed by atoms with Gasteiger partial charge in [0.05, 0.1) is 0 Å². The summed E-state index contributed by atoms with van der Waals surface area (Å²) in [6.45, 7) is -0.160. The first-order valence-electron chi connectivity index (χ1n) is 4.01. The van der Waals surface area contributed by atoms with Crippen LogP contribution < -0.4 is 5.32 Å². The van der Waals surface area contributed by atoms with Crippen molar-refractivity contribution in [3.8, 4) is 0 Å². The Kier molecular flexibility index (Phi) is 2.73. The minimum atomic E-state index is -4.77. The Labute approximate surface area is 77.7 Å². The molecule has 2 atom stereocenters. The number of hydrogen-bond donors (Lipinski definition) is 3. The Bertz CT molecular complexity index is 243. The molecule has 0 spiro atoms. The van der Waals surface area contributed by atoms with Crippen LogP contribution in [0, 0.1) is 0 Å². The van der Waals surface area contributed by atoms with Crippen LogP contribution in [0.15, 0.2) is 0 Å². The van der Waals surface area contributed by atoms with Crippen molar-refractivity contribution in [2.45, 2.75) is 30.7 Å². The predicted octanol–water partition coefficient (Wildman–Crippen LogP) is 0.116. The van der Waals surface area contributed by atoms with E-state index in [-0.39, 0.29) is 6.54 Å². The summed E-state index contributed by atoms with van der Waals surface area (Å²) in [6.07, 6.45) is -6.13. The number of piperidine rings is 1. The fourth-order valence-electron chi connectivity index (χ4n) is 1.40. The standard InChI is InChI=1S/C7H10F3NO3/c8-7(9,10)6(14)1-2-11-4(3-6)5(12)13/h4,11,14H,1-3H2,(H,12,13)/t4-,6?/m0/s1. The molecule has 1 rings (SSSR count). The molecule has 0 aromatic carbocycles. The van der Waals surface area contributed by atoms with Crippen LogP contribution in [0.25, 0.3) is 0 Å². The molecule has 0 saturated carbocycles. The number of alkyl halides is 3. The van der Waals surface area contributed by atoms with Crippen LogP contribution in [0.2, 0.25) is 0 Å². The molecule has 0 aliphatic carbocycles. The van der Waals surface area contributed by atoms with Crippen molar-refractivity contribution in [1.29, 1.82) is 0 Å². The van der Waals surface area contributed by atoms with E-state index >= 15 is 0 Å². The largest absolute Gasteiger partial charge is 0.480 e. The Balaban J connectivity index is 2.77. The molecule has 1 aliphatic heterocycles. The van der Waals surface area contributed by atoms with Crippen molar-refractivity contribution in [3.05, 3.63) is 0 Å². The zero-order valence-corrected chi connectivity index (χ0v) is 7.14. The van der Waals surface area contributed by atoms with Gasteiger partial charge in [0.15, 0.2) is 5.60 Å². The highest BCUT2D eigenvalue weighted by Crippen LogP contribution is 2.38. The molecule has 0 radical (unpaired) electrons. The molecule has 0 aromatic heterocycles. The molecule has 7 heteroatoms. The maximum Gasteiger partial charge on any atom is 0.417 e. The number of carboxylic acid groups (broad SMARTS) is 1. The van der Waals surface area contributed by atoms with Crippen LogP contribution in [-0.4, -0.2) is 40.5 Å². The van der Waals surface area contributed by atoms with Gasteiger partial charge in [-0.25, -0.2) is 0 Å². The maximum absolute atomic E-state index is 12.3. The van der Waals surface area contributed by atoms with Crippen molar-refractivity contribution in [1.82, 2.24) is 5.32 Å². The number of nitrogens with one attached hydrogen (secondary N) is 1. The fraction of sp³-hybridized carbons (Fsp3) is 0.857. The third kappa shape index (κ3) is 1.98. The summed E-state index contributed by atoms with van der Waals surface area (Å²) in [6, 6.07) is -1.34. The van der Waals surface area contributed by atoms with Gasteiger partial charge >= 0.3 is 12.1 Å². The first kappa shape index (κ1) is 11.3. The average molecular weight is 213 g/mol. The topological polar surface area (TPSA) is 69.6 Å². The number of halogens is 3. The quantitative estimate of drug-likeness (QED) is 0.578. The molecule has 3 N–H and O–H groups in total. The lowest BCUT2D eigenvalue weighted by Crippen LogP contribution is -2.57. The maximum atomic E-state index is 12.3. The number of aliphatic carboxylic acids is 1. The summed E-state index contributed by atoms with van der Waals surface area (Å²) in [5, 5.41) is 20.1. The summed E-state index contributed by atoms with van der Waals surface area (Å²) < 4.78 is 36.9. The minimum Gasteiger partial charge on any atom is -0.480 e. The van der Waals surface area contributed by atoms with Gasteiger partial charge in [-0.3, -0.25) is 4.79 Å². The number of aliphatic hydroxyl groups is 1. The van der Waals surface area contributed by atoms with Gasteiger partial charge in [-0.1, -0.05) is 0 Å². The average Bonchev–Trinajstić information content (AvgIpc) is 2.02. The number of carboxylic acids is 1. The van der Waals surface area contributed by atoms with E-state index in [0.29, 0.717) is 0 Å². The molecule has 0 aromatic rings. The summed E-state index contributed by atoms with van der Waals surface area (Å²) in [5.74, 6) is -1.38. The Morgan fingerprint density at radius 1 is 1.50 bits per heavy atom. The second kappa shape index (κ2) is 3.39. The monoisotopic (exact) mass is 213 g/mol. The Morgan fingerprint density at radius 2 is 2.07 bits per heavy atom. The minimum absolute atomic E-state index is 0.160. The van der Waals surface area contributed by atoms with Crippen LogP contribution in [0.3, 0.4) is 0 Å². The van der Waals surface area contributed by atoms with E-state index in [1.807, 2.05) is 0 Å². The first-order chi connectivity index (χ1) is 6.26. The molecule has 14 heavy (non-hydrogen) atoms. The molecular formula is C7H10F3NO3. The van der Waals surface area contributed by atoms with E-state index in [1.54, 1.807) is 0 Å². The van der Waals surface area contributed by atoms with Crippen molar-refractivity contribution in [2.24, 2.45) is 0 Å². The van der Waals surface area contributed by atoms with Crippen LogP contribution in [-0.2, 0) is 4.79 Å². The summed E-state index contributed by atoms with van der Waals surface area (Å²) in [7, 11) is 0. The zero-order valence-electron chi connectivity index (χ0n) is 7.14. The summed E-state index contributed by atoms with van der Waals surface area (Å²) in [4.78, 5) is 10.4. The predicted molar refractivity (Wildman–Crippen MR) is 39.7 cm³/mol. The third-order valence-electron chi connectivity index (χ3n) is 2.30. The highest BCUT2D eigenvalue weighted by atomic mass is 19.4. The van der Waals surface area contributed by atoms with Crippen molar-refractivity contribution < 1.29 is 28.2 Å². The van der Waals surface area contributed by atoms with Gasteiger partial charge in [-0.05, 0) is 13.0 Å². The third-order valence-corrected chi connectivity index (χ3v) is 2.30. The Hall–Kier alpha value is -0.820. The van der Waals surface area contributed by atoms with Gasteiger partial charge in [-0.15, -0.1) is 0 Å². The van der Waals surface area contributed by atoms with Gasteiger partial charge in [0, 0.05) is 6.42 Å². The summed E-state index contributed by atoms with van der Waals surface area (Å²) in [5.41, 5.74) is -2.87. The van der Waals surface area contributed by atoms with E-state index in [9.17, 15) is 23.1 Å². The van der Waals surface area contributed by atoms with E-state index in [0.717, 1.165) is 0 Å². The van der Waals surface area contributed by atoms with Crippen LogP contribution in [0.4, 0.5) is 13.2 Å². The van der Waals surface area contributed by atoms with E-state index in [4.69, 9.17) is 5.11 Å². The lowest BCUT2D eigenvalue weighted by atomic mass is 9.87. The zero-order chi connectivity index (χ0) is 11.0. The lowest BCUT2D eigenvalue weighted by Gasteiger charge is -2.37. The molecule has 1 fully saturated rings. The molecule has 82 valence electrons. The van der Waals surface area contributed by atoms with Gasteiger partial charge < -0.3 is 15.5 Å². The van der Waals surface area contributed by atoms with Gasteiger partial charge in [-0.2, -0.15) is 13.2 Å². The molecular weight excluding hydrogens is 203 g/mol. The Morgan fingerprint density at radius 3 is 2.50 bits per heavy atom. The second-order valence-corrected chi connectivity index (χ2v) is 3.33. The number of rotatable bonds is 1. The molecule has 1 heterocycles. The van der Waals surface area contributed by atoms with Gasteiger partial charge in [0.2, 0.25) is 0 Å². The van der Waals surface area contributed by atoms with E-state index in [1.165, 1.54) is 0 Å². The van der Waals surface area contributed by atoms with E-state index < -0.39 is 36.6 Å². The first-order valence-corrected chi connectivity index (χ1v) is 4.01. The highest BCUT2D eigenvalue weighted by Gasteiger charge is 2.56. The molecule has 0 amide bonds. The fourth-order valence-corrected chi connectivity index (χ4v) is 1.40. The number of carbonyl (C=O) groups is 1. The number of hydrogen-bond acceptors (Lipinski definition) is 3. The van der Waals surface area contributed by atoms with Crippen LogP contribution in [0.5, 0.6) is 0 Å². The van der Waals surface area contributed by atoms with E-state index in [2.05, 4.69) is 5.32 Å². The van der Waals surface area contributed by atoms with Gasteiger partial charge in [0.25, 0.3) is 0 Å².